The summed E-state index contributed by atoms with van der Waals surface area (Å²) < 4.78 is 0. The topological polar surface area (TPSA) is 150 Å². The fourth-order valence-electron chi connectivity index (χ4n) is 2.73. The third kappa shape index (κ3) is 6.05. The summed E-state index contributed by atoms with van der Waals surface area (Å²) in [5, 5.41) is 17.7. The first-order valence-corrected chi connectivity index (χ1v) is 9.14. The van der Waals surface area contributed by atoms with E-state index in [2.05, 4.69) is 12.2 Å². The SMILES string of the molecule is CCCCNC(=O)[C@@H]1Cc2ccccc2N1C(=O)[C@@H](N)CC.O=C(O)C(=O)O. The third-order valence-electron chi connectivity index (χ3n) is 4.29. The summed E-state index contributed by atoms with van der Waals surface area (Å²) in [6, 6.07) is 6.60. The number of carbonyl (C=O) groups is 4. The summed E-state index contributed by atoms with van der Waals surface area (Å²) in [5.41, 5.74) is 7.75. The minimum Gasteiger partial charge on any atom is -0.473 e. The molecule has 0 aliphatic carbocycles. The summed E-state index contributed by atoms with van der Waals surface area (Å²) in [6.45, 7) is 4.60. The maximum absolute atomic E-state index is 12.6. The van der Waals surface area contributed by atoms with E-state index < -0.39 is 24.0 Å². The van der Waals surface area contributed by atoms with Crippen molar-refractivity contribution in [2.75, 3.05) is 11.4 Å². The van der Waals surface area contributed by atoms with Gasteiger partial charge in [0.2, 0.25) is 11.8 Å². The number of nitrogens with two attached hydrogens (primary N) is 1. The van der Waals surface area contributed by atoms with Gasteiger partial charge in [-0.25, -0.2) is 9.59 Å². The van der Waals surface area contributed by atoms with Gasteiger partial charge in [-0.2, -0.15) is 0 Å². The second-order valence-corrected chi connectivity index (χ2v) is 6.33. The molecule has 2 amide bonds. The van der Waals surface area contributed by atoms with Gasteiger partial charge in [0.05, 0.1) is 6.04 Å². The molecular formula is C19H27N3O6. The van der Waals surface area contributed by atoms with Crippen molar-refractivity contribution in [3.8, 4) is 0 Å². The normalized spacial score (nSPS) is 15.7. The molecule has 0 radical (unpaired) electrons. The number of unbranched alkanes of at least 4 members (excludes halogenated alkanes) is 1. The lowest BCUT2D eigenvalue weighted by Crippen LogP contribution is -2.53. The van der Waals surface area contributed by atoms with Gasteiger partial charge >= 0.3 is 11.9 Å². The lowest BCUT2D eigenvalue weighted by Gasteiger charge is -2.27. The molecule has 1 aliphatic rings. The van der Waals surface area contributed by atoms with Crippen LogP contribution in [-0.2, 0) is 25.6 Å². The lowest BCUT2D eigenvalue weighted by molar-refractivity contribution is -0.159. The Hall–Kier alpha value is -2.94. The number of carboxylic acid groups (broad SMARTS) is 2. The van der Waals surface area contributed by atoms with E-state index in [0.29, 0.717) is 19.4 Å². The maximum Gasteiger partial charge on any atom is 0.414 e. The van der Waals surface area contributed by atoms with Gasteiger partial charge in [-0.05, 0) is 24.5 Å². The predicted octanol–water partition coefficient (Wildman–Crippen LogP) is 0.754. The number of nitrogens with zero attached hydrogens (tertiary/aromatic N) is 1. The van der Waals surface area contributed by atoms with Crippen LogP contribution in [0.2, 0.25) is 0 Å². The first-order chi connectivity index (χ1) is 13.2. The molecule has 0 bridgehead atoms. The number of anilines is 1. The van der Waals surface area contributed by atoms with E-state index in [0.717, 1.165) is 24.1 Å². The van der Waals surface area contributed by atoms with E-state index in [1.807, 2.05) is 31.2 Å². The van der Waals surface area contributed by atoms with Gasteiger partial charge in [0.25, 0.3) is 0 Å². The highest BCUT2D eigenvalue weighted by atomic mass is 16.4. The Labute approximate surface area is 163 Å². The van der Waals surface area contributed by atoms with Crippen molar-refractivity contribution in [3.63, 3.8) is 0 Å². The zero-order valence-corrected chi connectivity index (χ0v) is 16.1. The van der Waals surface area contributed by atoms with Crippen LogP contribution in [0.25, 0.3) is 0 Å². The lowest BCUT2D eigenvalue weighted by atomic mass is 10.1. The highest BCUT2D eigenvalue weighted by Gasteiger charge is 2.39. The Morgan fingerprint density at radius 3 is 2.32 bits per heavy atom. The van der Waals surface area contributed by atoms with Crippen LogP contribution >= 0.6 is 0 Å². The van der Waals surface area contributed by atoms with Gasteiger partial charge in [-0.15, -0.1) is 0 Å². The molecule has 2 rings (SSSR count). The van der Waals surface area contributed by atoms with Crippen molar-refractivity contribution < 1.29 is 29.4 Å². The number of nitrogens with one attached hydrogen (secondary N) is 1. The minimum absolute atomic E-state index is 0.0960. The molecule has 1 heterocycles. The number of rotatable bonds is 6. The maximum atomic E-state index is 12.6. The monoisotopic (exact) mass is 393 g/mol. The summed E-state index contributed by atoms with van der Waals surface area (Å²) in [4.78, 5) is 44.9. The van der Waals surface area contributed by atoms with Gasteiger partial charge in [-0.1, -0.05) is 38.5 Å². The smallest absolute Gasteiger partial charge is 0.414 e. The van der Waals surface area contributed by atoms with Gasteiger partial charge in [0.15, 0.2) is 0 Å². The van der Waals surface area contributed by atoms with Gasteiger partial charge in [0.1, 0.15) is 6.04 Å². The Bertz CT molecular complexity index is 709. The Balaban J connectivity index is 0.000000568. The molecule has 5 N–H and O–H groups in total. The van der Waals surface area contributed by atoms with E-state index in [1.54, 1.807) is 4.90 Å². The van der Waals surface area contributed by atoms with Crippen LogP contribution in [0.15, 0.2) is 24.3 Å². The van der Waals surface area contributed by atoms with E-state index in [1.165, 1.54) is 0 Å². The molecule has 2 atom stereocenters. The van der Waals surface area contributed by atoms with Crippen molar-refractivity contribution in [3.05, 3.63) is 29.8 Å². The molecule has 0 saturated carbocycles. The van der Waals surface area contributed by atoms with Crippen molar-refractivity contribution in [2.45, 2.75) is 51.6 Å². The van der Waals surface area contributed by atoms with Crippen LogP contribution in [0.5, 0.6) is 0 Å². The van der Waals surface area contributed by atoms with Crippen LogP contribution < -0.4 is 16.0 Å². The highest BCUT2D eigenvalue weighted by molar-refractivity contribution is 6.27. The number of aliphatic carboxylic acids is 2. The number of carboxylic acids is 2. The second-order valence-electron chi connectivity index (χ2n) is 6.33. The van der Waals surface area contributed by atoms with Crippen LogP contribution in [0.1, 0.15) is 38.7 Å². The quantitative estimate of drug-likeness (QED) is 0.411. The first kappa shape index (κ1) is 23.1. The minimum atomic E-state index is -1.82. The van der Waals surface area contributed by atoms with Crippen molar-refractivity contribution in [1.29, 1.82) is 0 Å². The molecule has 0 spiro atoms. The fraction of sp³-hybridized carbons (Fsp3) is 0.474. The predicted molar refractivity (Wildman–Crippen MR) is 103 cm³/mol. The molecule has 9 nitrogen and oxygen atoms in total. The van der Waals surface area contributed by atoms with Gasteiger partial charge in [0, 0.05) is 18.7 Å². The number of para-hydroxylation sites is 1. The number of amides is 2. The van der Waals surface area contributed by atoms with Crippen LogP contribution in [0.3, 0.4) is 0 Å². The molecule has 0 saturated heterocycles. The molecule has 9 heteroatoms. The summed E-state index contributed by atoms with van der Waals surface area (Å²) in [5.74, 6) is -3.92. The molecule has 28 heavy (non-hydrogen) atoms. The number of hydrogen-bond acceptors (Lipinski definition) is 5. The number of hydrogen-bond donors (Lipinski definition) is 4. The zero-order valence-electron chi connectivity index (χ0n) is 16.1. The number of benzene rings is 1. The average molecular weight is 393 g/mol. The fourth-order valence-corrected chi connectivity index (χ4v) is 2.73. The van der Waals surface area contributed by atoms with Gasteiger partial charge < -0.3 is 21.3 Å². The third-order valence-corrected chi connectivity index (χ3v) is 4.29. The Morgan fingerprint density at radius 1 is 1.18 bits per heavy atom. The van der Waals surface area contributed by atoms with Crippen LogP contribution in [0.4, 0.5) is 5.69 Å². The summed E-state index contributed by atoms with van der Waals surface area (Å²) in [7, 11) is 0. The molecule has 0 unspecified atom stereocenters. The standard InChI is InChI=1S/C17H25N3O2.C2H2O4/c1-3-5-10-19-16(21)15-11-12-8-6-7-9-14(12)20(15)17(22)13(18)4-2;3-1(4)2(5)6/h6-9,13,15H,3-5,10-11,18H2,1-2H3,(H,19,21);(H,3,4)(H,5,6)/t13-,15-;/m0./s1. The zero-order chi connectivity index (χ0) is 21.3. The van der Waals surface area contributed by atoms with Crippen LogP contribution in [0, 0.1) is 0 Å². The van der Waals surface area contributed by atoms with E-state index in [9.17, 15) is 9.59 Å². The Morgan fingerprint density at radius 2 is 1.79 bits per heavy atom. The molecule has 1 aromatic carbocycles. The van der Waals surface area contributed by atoms with Crippen molar-refractivity contribution in [2.24, 2.45) is 5.73 Å². The van der Waals surface area contributed by atoms with Gasteiger partial charge in [-0.3, -0.25) is 14.5 Å². The van der Waals surface area contributed by atoms with Crippen LogP contribution in [-0.4, -0.2) is 52.6 Å². The Kier molecular flexibility index (Phi) is 9.10. The molecule has 1 aliphatic heterocycles. The molecule has 154 valence electrons. The van der Waals surface area contributed by atoms with E-state index >= 15 is 0 Å². The number of carbonyl (C=O) groups excluding carboxylic acids is 2. The summed E-state index contributed by atoms with van der Waals surface area (Å²) >= 11 is 0. The van der Waals surface area contributed by atoms with Crippen molar-refractivity contribution in [1.82, 2.24) is 5.32 Å². The first-order valence-electron chi connectivity index (χ1n) is 9.14. The highest BCUT2D eigenvalue weighted by Crippen LogP contribution is 2.32. The molecule has 1 aromatic rings. The molecule has 0 aromatic heterocycles. The van der Waals surface area contributed by atoms with Crippen molar-refractivity contribution >= 4 is 29.4 Å². The van der Waals surface area contributed by atoms with E-state index in [-0.39, 0.29) is 11.8 Å². The second kappa shape index (κ2) is 11.0. The summed E-state index contributed by atoms with van der Waals surface area (Å²) in [6.07, 6.45) is 3.07. The largest absolute Gasteiger partial charge is 0.473 e. The van der Waals surface area contributed by atoms with E-state index in [4.69, 9.17) is 25.5 Å². The molecule has 0 fully saturated rings. The molecular weight excluding hydrogens is 366 g/mol. The number of fused-ring (bicyclic) bond motifs is 1. The average Bonchev–Trinajstić information content (AvgIpc) is 3.06.